The van der Waals surface area contributed by atoms with Crippen molar-refractivity contribution in [2.24, 2.45) is 0 Å². The van der Waals surface area contributed by atoms with Crippen molar-refractivity contribution in [3.8, 4) is 0 Å². The first-order valence-electron chi connectivity index (χ1n) is 9.63. The number of rotatable bonds is 13. The van der Waals surface area contributed by atoms with Crippen LogP contribution in [-0.2, 0) is 31.7 Å². The van der Waals surface area contributed by atoms with Crippen LogP contribution in [0.4, 0.5) is 0 Å². The number of halogens is 1. The summed E-state index contributed by atoms with van der Waals surface area (Å²) in [5, 5.41) is -1.87. The topological polar surface area (TPSA) is 80.3 Å². The molecule has 0 aromatic rings. The molecule has 0 bridgehead atoms. The highest BCUT2D eigenvalue weighted by molar-refractivity contribution is 14.1. The smallest absolute Gasteiger partial charge is 0.375 e. The lowest BCUT2D eigenvalue weighted by molar-refractivity contribution is 0.0635. The van der Waals surface area contributed by atoms with E-state index in [-0.39, 0.29) is 4.43 Å². The first kappa shape index (κ1) is 29.2. The summed E-state index contributed by atoms with van der Waals surface area (Å²) < 4.78 is 58.5. The van der Waals surface area contributed by atoms with Gasteiger partial charge in [-0.1, -0.05) is 22.6 Å². The third-order valence-electron chi connectivity index (χ3n) is 2.90. The van der Waals surface area contributed by atoms with E-state index in [0.717, 1.165) is 0 Å². The fourth-order valence-corrected chi connectivity index (χ4v) is 14.0. The van der Waals surface area contributed by atoms with Gasteiger partial charge in [0.25, 0.3) is 5.08 Å². The Bertz CT molecular complexity index is 510. The molecule has 0 spiro atoms. The molecule has 0 radical (unpaired) electrons. The zero-order valence-corrected chi connectivity index (χ0v) is 24.1. The summed E-state index contributed by atoms with van der Waals surface area (Å²) in [5.74, 6) is 0. The van der Waals surface area contributed by atoms with E-state index in [1.165, 1.54) is 0 Å². The van der Waals surface area contributed by atoms with Gasteiger partial charge in [0, 0.05) is 0 Å². The summed E-state index contributed by atoms with van der Waals surface area (Å²) in [7, 11) is -10.6. The molecule has 0 amide bonds. The molecule has 0 rings (SSSR count). The Labute approximate surface area is 186 Å². The van der Waals surface area contributed by atoms with Crippen LogP contribution in [0.3, 0.4) is 0 Å². The number of hydrogen-bond acceptors (Lipinski definition) is 7. The molecule has 0 heterocycles. The third-order valence-corrected chi connectivity index (χ3v) is 13.0. The largest absolute Gasteiger partial charge is 0.392 e. The molecule has 0 saturated carbocycles. The van der Waals surface area contributed by atoms with Gasteiger partial charge in [-0.15, -0.1) is 0 Å². The van der Waals surface area contributed by atoms with Crippen molar-refractivity contribution in [1.29, 1.82) is 0 Å². The maximum atomic E-state index is 14.3. The second-order valence-electron chi connectivity index (χ2n) is 8.70. The molecule has 0 aliphatic heterocycles. The molecular formula is C17H39IO7P2Si. The molecule has 0 aliphatic rings. The lowest BCUT2D eigenvalue weighted by atomic mass is 10.5. The summed E-state index contributed by atoms with van der Waals surface area (Å²) >= 11 is 2.01. The quantitative estimate of drug-likeness (QED) is 0.102. The van der Waals surface area contributed by atoms with Crippen LogP contribution in [0, 0.1) is 0 Å². The summed E-state index contributed by atoms with van der Waals surface area (Å²) in [5.41, 5.74) is 0. The first-order chi connectivity index (χ1) is 12.4. The SMILES string of the molecule is CC(C)OP(=O)(OC(C)C)C(CI)(O[Si](C)(C)C)P(=O)(OC(C)C)OC(C)C. The van der Waals surface area contributed by atoms with Crippen LogP contribution in [-0.4, -0.2) is 42.2 Å². The predicted octanol–water partition coefficient (Wildman–Crippen LogP) is 7.01. The van der Waals surface area contributed by atoms with E-state index in [1.807, 2.05) is 42.2 Å². The molecular weight excluding hydrogens is 533 g/mol. The molecule has 0 atom stereocenters. The van der Waals surface area contributed by atoms with Crippen molar-refractivity contribution >= 4 is 46.1 Å². The Morgan fingerprint density at radius 3 is 1.11 bits per heavy atom. The maximum Gasteiger partial charge on any atom is 0.375 e. The third kappa shape index (κ3) is 8.04. The Hall–Kier alpha value is 1.21. The average Bonchev–Trinajstić information content (AvgIpc) is 2.39. The van der Waals surface area contributed by atoms with Crippen LogP contribution >= 0.6 is 37.8 Å². The van der Waals surface area contributed by atoms with Crippen molar-refractivity contribution in [2.75, 3.05) is 4.43 Å². The van der Waals surface area contributed by atoms with E-state index in [2.05, 4.69) is 0 Å². The summed E-state index contributed by atoms with van der Waals surface area (Å²) in [6, 6.07) is 0. The fraction of sp³-hybridized carbons (Fsp3) is 1.00. The normalized spacial score (nSPS) is 14.7. The minimum absolute atomic E-state index is 0.0580. The van der Waals surface area contributed by atoms with Crippen LogP contribution in [0.25, 0.3) is 0 Å². The Kier molecular flexibility index (Phi) is 11.7. The summed E-state index contributed by atoms with van der Waals surface area (Å²) in [4.78, 5) is 0. The van der Waals surface area contributed by atoms with Gasteiger partial charge in [0.15, 0.2) is 8.32 Å². The minimum atomic E-state index is -4.11. The highest BCUT2D eigenvalue weighted by Gasteiger charge is 2.68. The van der Waals surface area contributed by atoms with Gasteiger partial charge in [-0.2, -0.15) is 0 Å². The Balaban J connectivity index is 6.97. The lowest BCUT2D eigenvalue weighted by Gasteiger charge is -2.46. The number of alkyl halides is 1. The molecule has 0 aromatic carbocycles. The predicted molar refractivity (Wildman–Crippen MR) is 126 cm³/mol. The van der Waals surface area contributed by atoms with Crippen molar-refractivity contribution < 1.29 is 31.7 Å². The molecule has 0 saturated heterocycles. The van der Waals surface area contributed by atoms with Crippen LogP contribution < -0.4 is 0 Å². The molecule has 0 unspecified atom stereocenters. The molecule has 0 N–H and O–H groups in total. The van der Waals surface area contributed by atoms with E-state index in [0.29, 0.717) is 0 Å². The van der Waals surface area contributed by atoms with Gasteiger partial charge in [0.2, 0.25) is 0 Å². The maximum absolute atomic E-state index is 14.3. The van der Waals surface area contributed by atoms with Crippen LogP contribution in [0.5, 0.6) is 0 Å². The van der Waals surface area contributed by atoms with Gasteiger partial charge in [-0.05, 0) is 75.0 Å². The van der Waals surface area contributed by atoms with Crippen LogP contribution in [0.1, 0.15) is 55.4 Å². The summed E-state index contributed by atoms with van der Waals surface area (Å²) in [6.45, 7) is 19.8. The van der Waals surface area contributed by atoms with Crippen LogP contribution in [0.2, 0.25) is 19.6 Å². The minimum Gasteiger partial charge on any atom is -0.392 e. The van der Waals surface area contributed by atoms with Gasteiger partial charge in [-0.3, -0.25) is 9.13 Å². The van der Waals surface area contributed by atoms with E-state index in [1.54, 1.807) is 55.4 Å². The Morgan fingerprint density at radius 2 is 0.964 bits per heavy atom. The van der Waals surface area contributed by atoms with E-state index >= 15 is 0 Å². The lowest BCUT2D eigenvalue weighted by Crippen LogP contribution is -2.47. The molecule has 11 heteroatoms. The van der Waals surface area contributed by atoms with Crippen molar-refractivity contribution in [1.82, 2.24) is 0 Å². The standard InChI is InChI=1S/C17H39IO7P2Si/c1-13(2)21-26(19,22-14(3)4)17(12-18,25-28(9,10)11)27(20,23-15(5)6)24-16(7)8/h13-16H,12H2,1-11H3. The van der Waals surface area contributed by atoms with E-state index in [4.69, 9.17) is 22.5 Å². The van der Waals surface area contributed by atoms with Gasteiger partial charge >= 0.3 is 15.2 Å². The molecule has 0 aliphatic carbocycles. The van der Waals surface area contributed by atoms with Gasteiger partial charge in [-0.25, -0.2) is 0 Å². The van der Waals surface area contributed by atoms with Crippen LogP contribution in [0.15, 0.2) is 0 Å². The van der Waals surface area contributed by atoms with Crippen molar-refractivity contribution in [2.45, 2.75) is 105 Å². The second-order valence-corrected chi connectivity index (χ2v) is 18.5. The Morgan fingerprint density at radius 1 is 0.714 bits per heavy atom. The highest BCUT2D eigenvalue weighted by Crippen LogP contribution is 2.80. The highest BCUT2D eigenvalue weighted by atomic mass is 127. The average molecular weight is 572 g/mol. The van der Waals surface area contributed by atoms with Gasteiger partial charge < -0.3 is 22.5 Å². The summed E-state index contributed by atoms with van der Waals surface area (Å²) in [6.07, 6.45) is -1.76. The molecule has 28 heavy (non-hydrogen) atoms. The van der Waals surface area contributed by atoms with Crippen molar-refractivity contribution in [3.05, 3.63) is 0 Å². The zero-order valence-electron chi connectivity index (χ0n) is 19.1. The molecule has 170 valence electrons. The monoisotopic (exact) mass is 572 g/mol. The molecule has 7 nitrogen and oxygen atoms in total. The van der Waals surface area contributed by atoms with Gasteiger partial charge in [0.1, 0.15) is 0 Å². The molecule has 0 fully saturated rings. The first-order valence-corrected chi connectivity index (χ1v) is 17.7. The van der Waals surface area contributed by atoms with E-state index in [9.17, 15) is 9.13 Å². The van der Waals surface area contributed by atoms with Gasteiger partial charge in [0.05, 0.1) is 28.8 Å². The second kappa shape index (κ2) is 11.2. The molecule has 0 aromatic heterocycles. The fourth-order valence-electron chi connectivity index (χ4n) is 2.42. The number of hydrogen-bond donors (Lipinski definition) is 0. The van der Waals surface area contributed by atoms with Crippen molar-refractivity contribution in [3.63, 3.8) is 0 Å². The zero-order chi connectivity index (χ0) is 22.6. The van der Waals surface area contributed by atoms with E-state index < -0.39 is 53.0 Å².